The molecule has 20 heavy (non-hydrogen) atoms. The van der Waals surface area contributed by atoms with E-state index in [0.717, 1.165) is 17.1 Å². The summed E-state index contributed by atoms with van der Waals surface area (Å²) in [6, 6.07) is 17.7. The molecule has 3 aromatic rings. The van der Waals surface area contributed by atoms with Gasteiger partial charge in [-0.25, -0.2) is 0 Å². The number of benzene rings is 3. The van der Waals surface area contributed by atoms with E-state index in [4.69, 9.17) is 4.74 Å². The molecular weight excluding hydrogens is 252 g/mol. The summed E-state index contributed by atoms with van der Waals surface area (Å²) in [6.45, 7) is 0. The van der Waals surface area contributed by atoms with E-state index in [2.05, 4.69) is 0 Å². The first kappa shape index (κ1) is 12.2. The number of carbonyl (C=O) groups is 1. The molecule has 0 saturated carbocycles. The average molecular weight is 264 g/mol. The second-order valence-corrected chi connectivity index (χ2v) is 4.42. The first-order valence-electron chi connectivity index (χ1n) is 6.22. The molecule has 0 unspecified atom stereocenters. The van der Waals surface area contributed by atoms with Crippen LogP contribution in [0, 0.1) is 0 Å². The fourth-order valence-electron chi connectivity index (χ4n) is 2.09. The van der Waals surface area contributed by atoms with Crippen LogP contribution in [0.15, 0.2) is 60.7 Å². The molecule has 3 nitrogen and oxygen atoms in total. The molecule has 3 heteroatoms. The average Bonchev–Trinajstić information content (AvgIpc) is 2.49. The molecule has 0 aliphatic rings. The predicted octanol–water partition coefficient (Wildman–Crippen LogP) is 4.15. The monoisotopic (exact) mass is 264 g/mol. The van der Waals surface area contributed by atoms with Crippen molar-refractivity contribution in [3.05, 3.63) is 66.2 Å². The third-order valence-corrected chi connectivity index (χ3v) is 3.10. The zero-order chi connectivity index (χ0) is 13.9. The summed E-state index contributed by atoms with van der Waals surface area (Å²) >= 11 is 0. The van der Waals surface area contributed by atoms with Crippen LogP contribution in [0.4, 0.5) is 0 Å². The van der Waals surface area contributed by atoms with E-state index in [1.165, 1.54) is 0 Å². The lowest BCUT2D eigenvalue weighted by molar-refractivity contribution is 0.112. The minimum absolute atomic E-state index is 0.226. The van der Waals surface area contributed by atoms with E-state index in [-0.39, 0.29) is 5.75 Å². The number of rotatable bonds is 3. The van der Waals surface area contributed by atoms with E-state index in [9.17, 15) is 9.90 Å². The van der Waals surface area contributed by atoms with Crippen LogP contribution in [0.25, 0.3) is 10.8 Å². The third kappa shape index (κ3) is 2.21. The minimum Gasteiger partial charge on any atom is -0.507 e. The Labute approximate surface area is 116 Å². The number of hydrogen-bond acceptors (Lipinski definition) is 3. The maximum absolute atomic E-state index is 10.6. The van der Waals surface area contributed by atoms with Crippen molar-refractivity contribution in [3.8, 4) is 17.2 Å². The second-order valence-electron chi connectivity index (χ2n) is 4.42. The molecule has 3 rings (SSSR count). The molecule has 0 radical (unpaired) electrons. The highest BCUT2D eigenvalue weighted by Crippen LogP contribution is 2.33. The van der Waals surface area contributed by atoms with Gasteiger partial charge in [0.2, 0.25) is 0 Å². The lowest BCUT2D eigenvalue weighted by Gasteiger charge is -2.09. The Bertz CT molecular complexity index is 761. The van der Waals surface area contributed by atoms with E-state index in [0.29, 0.717) is 17.1 Å². The van der Waals surface area contributed by atoms with Gasteiger partial charge in [0.25, 0.3) is 0 Å². The highest BCUT2D eigenvalue weighted by atomic mass is 16.5. The smallest absolute Gasteiger partial charge is 0.150 e. The molecule has 0 bridgehead atoms. The molecule has 0 fully saturated rings. The van der Waals surface area contributed by atoms with Gasteiger partial charge in [0, 0.05) is 16.3 Å². The number of aromatic hydroxyl groups is 1. The van der Waals surface area contributed by atoms with Crippen LogP contribution < -0.4 is 4.74 Å². The molecule has 1 N–H and O–H groups in total. The van der Waals surface area contributed by atoms with Crippen molar-refractivity contribution in [2.75, 3.05) is 0 Å². The van der Waals surface area contributed by atoms with Gasteiger partial charge in [-0.3, -0.25) is 4.79 Å². The Morgan fingerprint density at radius 3 is 2.30 bits per heavy atom. The molecular formula is C17H12O3. The minimum atomic E-state index is 0.226. The Morgan fingerprint density at radius 2 is 1.55 bits per heavy atom. The molecule has 0 aromatic heterocycles. The number of fused-ring (bicyclic) bond motifs is 1. The Hall–Kier alpha value is -2.81. The van der Waals surface area contributed by atoms with Crippen molar-refractivity contribution in [2.45, 2.75) is 0 Å². The summed E-state index contributed by atoms with van der Waals surface area (Å²) in [4.78, 5) is 10.6. The van der Waals surface area contributed by atoms with Crippen LogP contribution >= 0.6 is 0 Å². The number of phenols is 1. The third-order valence-electron chi connectivity index (χ3n) is 3.10. The van der Waals surface area contributed by atoms with E-state index < -0.39 is 0 Å². The maximum atomic E-state index is 10.6. The quantitative estimate of drug-likeness (QED) is 0.723. The second kappa shape index (κ2) is 5.05. The topological polar surface area (TPSA) is 46.5 Å². The van der Waals surface area contributed by atoms with Gasteiger partial charge in [-0.1, -0.05) is 24.3 Å². The molecule has 0 spiro atoms. The van der Waals surface area contributed by atoms with Gasteiger partial charge >= 0.3 is 0 Å². The Morgan fingerprint density at radius 1 is 0.850 bits per heavy atom. The highest BCUT2D eigenvalue weighted by Gasteiger charge is 2.06. The van der Waals surface area contributed by atoms with Crippen LogP contribution in [-0.2, 0) is 0 Å². The zero-order valence-electron chi connectivity index (χ0n) is 10.6. The molecule has 0 saturated heterocycles. The lowest BCUT2D eigenvalue weighted by Crippen LogP contribution is -1.87. The Balaban J connectivity index is 2.01. The van der Waals surface area contributed by atoms with Crippen molar-refractivity contribution in [2.24, 2.45) is 0 Å². The van der Waals surface area contributed by atoms with E-state index >= 15 is 0 Å². The van der Waals surface area contributed by atoms with Crippen molar-refractivity contribution in [1.29, 1.82) is 0 Å². The molecule has 0 aliphatic heterocycles. The fourth-order valence-corrected chi connectivity index (χ4v) is 2.09. The number of phenolic OH excluding ortho intramolecular Hbond substituents is 1. The summed E-state index contributed by atoms with van der Waals surface area (Å²) in [5.74, 6) is 1.54. The highest BCUT2D eigenvalue weighted by molar-refractivity contribution is 5.93. The van der Waals surface area contributed by atoms with Gasteiger partial charge in [0.05, 0.1) is 0 Å². The summed E-state index contributed by atoms with van der Waals surface area (Å²) in [7, 11) is 0. The molecule has 0 heterocycles. The van der Waals surface area contributed by atoms with Crippen molar-refractivity contribution < 1.29 is 14.6 Å². The number of aldehydes is 1. The largest absolute Gasteiger partial charge is 0.507 e. The molecule has 98 valence electrons. The normalized spacial score (nSPS) is 10.4. The van der Waals surface area contributed by atoms with Crippen LogP contribution in [0.3, 0.4) is 0 Å². The number of ether oxygens (including phenoxy) is 1. The number of carbonyl (C=O) groups excluding carboxylic acids is 1. The Kier molecular flexibility index (Phi) is 3.09. The summed E-state index contributed by atoms with van der Waals surface area (Å²) < 4.78 is 5.82. The van der Waals surface area contributed by atoms with Gasteiger partial charge in [-0.2, -0.15) is 0 Å². The van der Waals surface area contributed by atoms with Gasteiger partial charge < -0.3 is 9.84 Å². The SMILES string of the molecule is O=Cc1ccc(Oc2cccc3c(O)cccc23)cc1. The van der Waals surface area contributed by atoms with Crippen molar-refractivity contribution in [3.63, 3.8) is 0 Å². The number of hydrogen-bond donors (Lipinski definition) is 1. The van der Waals surface area contributed by atoms with Gasteiger partial charge in [0.1, 0.15) is 23.5 Å². The van der Waals surface area contributed by atoms with Crippen LogP contribution in [0.2, 0.25) is 0 Å². The van der Waals surface area contributed by atoms with Crippen LogP contribution in [-0.4, -0.2) is 11.4 Å². The van der Waals surface area contributed by atoms with E-state index in [1.807, 2.05) is 24.3 Å². The fraction of sp³-hybridized carbons (Fsp3) is 0. The zero-order valence-corrected chi connectivity index (χ0v) is 10.6. The van der Waals surface area contributed by atoms with Crippen molar-refractivity contribution >= 4 is 17.1 Å². The van der Waals surface area contributed by atoms with Gasteiger partial charge in [-0.05, 0) is 36.4 Å². The molecule has 0 amide bonds. The predicted molar refractivity (Wildman–Crippen MR) is 77.5 cm³/mol. The van der Waals surface area contributed by atoms with E-state index in [1.54, 1.807) is 36.4 Å². The maximum Gasteiger partial charge on any atom is 0.150 e. The molecule has 0 atom stereocenters. The van der Waals surface area contributed by atoms with Crippen LogP contribution in [0.5, 0.6) is 17.2 Å². The van der Waals surface area contributed by atoms with Gasteiger partial charge in [-0.15, -0.1) is 0 Å². The van der Waals surface area contributed by atoms with Gasteiger partial charge in [0.15, 0.2) is 0 Å². The first-order valence-corrected chi connectivity index (χ1v) is 6.22. The van der Waals surface area contributed by atoms with Crippen molar-refractivity contribution in [1.82, 2.24) is 0 Å². The molecule has 3 aromatic carbocycles. The van der Waals surface area contributed by atoms with Crippen LogP contribution in [0.1, 0.15) is 10.4 Å². The standard InChI is InChI=1S/C17H12O3/c18-11-12-7-9-13(10-8-12)20-17-6-2-3-14-15(17)4-1-5-16(14)19/h1-11,19H. The lowest BCUT2D eigenvalue weighted by atomic mass is 10.1. The summed E-state index contributed by atoms with van der Waals surface area (Å²) in [5, 5.41) is 11.4. The summed E-state index contributed by atoms with van der Waals surface area (Å²) in [5.41, 5.74) is 0.605. The summed E-state index contributed by atoms with van der Waals surface area (Å²) in [6.07, 6.45) is 0.791. The molecule has 0 aliphatic carbocycles. The first-order chi connectivity index (χ1) is 9.78.